The second kappa shape index (κ2) is 6.31. The number of hydrogen-bond acceptors (Lipinski definition) is 2. The lowest BCUT2D eigenvalue weighted by Gasteiger charge is -2.25. The summed E-state index contributed by atoms with van der Waals surface area (Å²) in [5, 5.41) is 12.2. The Morgan fingerprint density at radius 3 is 2.80 bits per heavy atom. The molecule has 1 aliphatic rings. The SMILES string of the molecule is Cc1cc(C(=O)NCC2CCCC(O)C2)c(F)cc1F. The van der Waals surface area contributed by atoms with E-state index in [-0.39, 0.29) is 23.1 Å². The van der Waals surface area contributed by atoms with Gasteiger partial charge in [-0.2, -0.15) is 0 Å². The molecule has 0 heterocycles. The second-order valence-corrected chi connectivity index (χ2v) is 5.48. The Balaban J connectivity index is 1.96. The van der Waals surface area contributed by atoms with Gasteiger partial charge in [-0.3, -0.25) is 4.79 Å². The number of amides is 1. The lowest BCUT2D eigenvalue weighted by atomic mass is 9.87. The summed E-state index contributed by atoms with van der Waals surface area (Å²) in [6.45, 7) is 1.90. The Hall–Kier alpha value is -1.49. The number of aryl methyl sites for hydroxylation is 1. The topological polar surface area (TPSA) is 49.3 Å². The van der Waals surface area contributed by atoms with E-state index in [1.54, 1.807) is 0 Å². The zero-order valence-electron chi connectivity index (χ0n) is 11.5. The van der Waals surface area contributed by atoms with Crippen LogP contribution in [0.25, 0.3) is 0 Å². The van der Waals surface area contributed by atoms with Crippen LogP contribution in [0.4, 0.5) is 8.78 Å². The molecule has 0 aromatic heterocycles. The summed E-state index contributed by atoms with van der Waals surface area (Å²) >= 11 is 0. The van der Waals surface area contributed by atoms with Crippen LogP contribution in [-0.4, -0.2) is 23.7 Å². The van der Waals surface area contributed by atoms with Crippen molar-refractivity contribution in [2.75, 3.05) is 6.54 Å². The highest BCUT2D eigenvalue weighted by Gasteiger charge is 2.21. The normalized spacial score (nSPS) is 22.6. The van der Waals surface area contributed by atoms with Gasteiger partial charge in [0.25, 0.3) is 5.91 Å². The minimum atomic E-state index is -0.853. The van der Waals surface area contributed by atoms with E-state index in [2.05, 4.69) is 5.32 Å². The summed E-state index contributed by atoms with van der Waals surface area (Å²) in [4.78, 5) is 11.9. The predicted octanol–water partition coefficient (Wildman–Crippen LogP) is 2.55. The number of aliphatic hydroxyl groups excluding tert-OH is 1. The molecule has 2 atom stereocenters. The summed E-state index contributed by atoms with van der Waals surface area (Å²) in [5.41, 5.74) is 0.102. The van der Waals surface area contributed by atoms with Crippen LogP contribution in [0.5, 0.6) is 0 Å². The van der Waals surface area contributed by atoms with Crippen LogP contribution >= 0.6 is 0 Å². The van der Waals surface area contributed by atoms with Crippen LogP contribution in [0.1, 0.15) is 41.6 Å². The first-order valence-electron chi connectivity index (χ1n) is 6.89. The van der Waals surface area contributed by atoms with Crippen molar-refractivity contribution in [2.45, 2.75) is 38.7 Å². The molecule has 1 fully saturated rings. The standard InChI is InChI=1S/C15H19F2NO2/c1-9-5-12(14(17)7-13(9)16)15(20)18-8-10-3-2-4-11(19)6-10/h5,7,10-11,19H,2-4,6,8H2,1H3,(H,18,20). The quantitative estimate of drug-likeness (QED) is 0.895. The summed E-state index contributed by atoms with van der Waals surface area (Å²) in [6, 6.07) is 1.95. The largest absolute Gasteiger partial charge is 0.393 e. The molecule has 20 heavy (non-hydrogen) atoms. The summed E-state index contributed by atoms with van der Waals surface area (Å²) in [7, 11) is 0. The Bertz CT molecular complexity index is 505. The number of aliphatic hydroxyl groups is 1. The first kappa shape index (κ1) is 14.9. The Labute approximate surface area is 117 Å². The van der Waals surface area contributed by atoms with E-state index in [4.69, 9.17) is 0 Å². The highest BCUT2D eigenvalue weighted by atomic mass is 19.1. The monoisotopic (exact) mass is 283 g/mol. The van der Waals surface area contributed by atoms with Crippen molar-refractivity contribution in [3.63, 3.8) is 0 Å². The molecule has 2 unspecified atom stereocenters. The van der Waals surface area contributed by atoms with Gasteiger partial charge >= 0.3 is 0 Å². The van der Waals surface area contributed by atoms with E-state index in [1.165, 1.54) is 13.0 Å². The molecule has 1 aromatic carbocycles. The van der Waals surface area contributed by atoms with Gasteiger partial charge in [-0.25, -0.2) is 8.78 Å². The first-order chi connectivity index (χ1) is 9.47. The molecule has 0 aliphatic heterocycles. The molecule has 0 saturated heterocycles. The third-order valence-corrected chi connectivity index (χ3v) is 3.80. The second-order valence-electron chi connectivity index (χ2n) is 5.48. The fourth-order valence-electron chi connectivity index (χ4n) is 2.61. The lowest BCUT2D eigenvalue weighted by molar-refractivity contribution is 0.0870. The highest BCUT2D eigenvalue weighted by molar-refractivity contribution is 5.94. The number of benzene rings is 1. The molecule has 1 saturated carbocycles. The summed E-state index contributed by atoms with van der Waals surface area (Å²) in [5.74, 6) is -1.83. The Morgan fingerprint density at radius 1 is 1.35 bits per heavy atom. The Kier molecular flexibility index (Phi) is 4.70. The average Bonchev–Trinajstić information content (AvgIpc) is 2.40. The smallest absolute Gasteiger partial charge is 0.254 e. The molecule has 110 valence electrons. The summed E-state index contributed by atoms with van der Waals surface area (Å²) < 4.78 is 26.7. The van der Waals surface area contributed by atoms with Crippen molar-refractivity contribution < 1.29 is 18.7 Å². The van der Waals surface area contributed by atoms with Gasteiger partial charge in [0.1, 0.15) is 11.6 Å². The molecule has 2 rings (SSSR count). The number of nitrogens with one attached hydrogen (secondary N) is 1. The molecule has 2 N–H and O–H groups in total. The van der Waals surface area contributed by atoms with E-state index < -0.39 is 17.5 Å². The predicted molar refractivity (Wildman–Crippen MR) is 71.4 cm³/mol. The van der Waals surface area contributed by atoms with E-state index in [1.807, 2.05) is 0 Å². The number of hydrogen-bond donors (Lipinski definition) is 2. The molecule has 0 bridgehead atoms. The van der Waals surface area contributed by atoms with Gasteiger partial charge in [0.2, 0.25) is 0 Å². The van der Waals surface area contributed by atoms with Gasteiger partial charge in [-0.15, -0.1) is 0 Å². The molecule has 0 spiro atoms. The van der Waals surface area contributed by atoms with Crippen LogP contribution in [0, 0.1) is 24.5 Å². The van der Waals surface area contributed by atoms with Crippen LogP contribution < -0.4 is 5.32 Å². The van der Waals surface area contributed by atoms with E-state index in [9.17, 15) is 18.7 Å². The average molecular weight is 283 g/mol. The highest BCUT2D eigenvalue weighted by Crippen LogP contribution is 2.23. The van der Waals surface area contributed by atoms with E-state index >= 15 is 0 Å². The maximum atomic E-state index is 13.6. The fourth-order valence-corrected chi connectivity index (χ4v) is 2.61. The van der Waals surface area contributed by atoms with Gasteiger partial charge < -0.3 is 10.4 Å². The molecular weight excluding hydrogens is 264 g/mol. The first-order valence-corrected chi connectivity index (χ1v) is 6.89. The third kappa shape index (κ3) is 3.54. The van der Waals surface area contributed by atoms with Gasteiger partial charge in [0.05, 0.1) is 11.7 Å². The maximum Gasteiger partial charge on any atom is 0.254 e. The van der Waals surface area contributed by atoms with Crippen molar-refractivity contribution in [1.29, 1.82) is 0 Å². The van der Waals surface area contributed by atoms with E-state index in [0.29, 0.717) is 13.0 Å². The van der Waals surface area contributed by atoms with Gasteiger partial charge in [0.15, 0.2) is 0 Å². The molecule has 1 amide bonds. The molecule has 0 radical (unpaired) electrons. The minimum absolute atomic E-state index is 0.139. The van der Waals surface area contributed by atoms with Crippen molar-refractivity contribution in [2.24, 2.45) is 5.92 Å². The van der Waals surface area contributed by atoms with Crippen molar-refractivity contribution >= 4 is 5.91 Å². The van der Waals surface area contributed by atoms with Gasteiger partial charge in [-0.1, -0.05) is 6.42 Å². The van der Waals surface area contributed by atoms with Gasteiger partial charge in [-0.05, 0) is 43.7 Å². The van der Waals surface area contributed by atoms with Crippen LogP contribution in [0.3, 0.4) is 0 Å². The molecule has 3 nitrogen and oxygen atoms in total. The molecule has 1 aliphatic carbocycles. The zero-order chi connectivity index (χ0) is 14.7. The van der Waals surface area contributed by atoms with Crippen molar-refractivity contribution in [3.8, 4) is 0 Å². The van der Waals surface area contributed by atoms with Crippen molar-refractivity contribution in [1.82, 2.24) is 5.32 Å². The maximum absolute atomic E-state index is 13.6. The minimum Gasteiger partial charge on any atom is -0.393 e. The number of halogens is 2. The van der Waals surface area contributed by atoms with Crippen LogP contribution in [0.15, 0.2) is 12.1 Å². The third-order valence-electron chi connectivity index (χ3n) is 3.80. The number of carbonyl (C=O) groups excluding carboxylic acids is 1. The number of rotatable bonds is 3. The molecule has 5 heteroatoms. The Morgan fingerprint density at radius 2 is 2.10 bits per heavy atom. The zero-order valence-corrected chi connectivity index (χ0v) is 11.5. The van der Waals surface area contributed by atoms with Gasteiger partial charge in [0, 0.05) is 12.6 Å². The van der Waals surface area contributed by atoms with E-state index in [0.717, 1.165) is 25.3 Å². The summed E-state index contributed by atoms with van der Waals surface area (Å²) in [6.07, 6.45) is 3.03. The van der Waals surface area contributed by atoms with Crippen LogP contribution in [0.2, 0.25) is 0 Å². The molecular formula is C15H19F2NO2. The molecule has 1 aromatic rings. The van der Waals surface area contributed by atoms with Crippen molar-refractivity contribution in [3.05, 3.63) is 34.9 Å². The lowest BCUT2D eigenvalue weighted by Crippen LogP contribution is -2.33. The van der Waals surface area contributed by atoms with Crippen LogP contribution in [-0.2, 0) is 0 Å². The number of carbonyl (C=O) groups is 1. The fraction of sp³-hybridized carbons (Fsp3) is 0.533.